The van der Waals surface area contributed by atoms with E-state index in [4.69, 9.17) is 9.47 Å². The maximum Gasteiger partial charge on any atom is 0.240 e. The minimum absolute atomic E-state index is 0.258. The second-order valence-electron chi connectivity index (χ2n) is 6.18. The standard InChI is InChI=1S/C19H24N2O4S/c1-24-11-9-21-26(22,23)18-5-2-15(3-6-18)13-20-14-16-4-7-19-17(12-16)8-10-25-19/h2-7,12,20-21H,8-11,13-14H2,1H3. The zero-order valence-electron chi connectivity index (χ0n) is 14.8. The van der Waals surface area contributed by atoms with Gasteiger partial charge in [-0.1, -0.05) is 24.3 Å². The predicted octanol–water partition coefficient (Wildman–Crippen LogP) is 1.84. The second kappa shape index (κ2) is 8.64. The molecule has 1 heterocycles. The fourth-order valence-corrected chi connectivity index (χ4v) is 3.86. The molecule has 140 valence electrons. The monoisotopic (exact) mass is 376 g/mol. The van der Waals surface area contributed by atoms with Crippen LogP contribution in [-0.4, -0.2) is 35.3 Å². The molecule has 0 atom stereocenters. The summed E-state index contributed by atoms with van der Waals surface area (Å²) in [5.41, 5.74) is 3.51. The van der Waals surface area contributed by atoms with Crippen LogP contribution in [0.4, 0.5) is 0 Å². The van der Waals surface area contributed by atoms with E-state index in [0.717, 1.165) is 30.9 Å². The normalized spacial score (nSPS) is 13.4. The van der Waals surface area contributed by atoms with Crippen molar-refractivity contribution in [2.75, 3.05) is 26.9 Å². The number of methoxy groups -OCH3 is 1. The molecule has 2 aromatic carbocycles. The van der Waals surface area contributed by atoms with Gasteiger partial charge in [-0.2, -0.15) is 0 Å². The number of hydrogen-bond acceptors (Lipinski definition) is 5. The Bertz CT molecular complexity index is 835. The van der Waals surface area contributed by atoms with Gasteiger partial charge in [0.2, 0.25) is 10.0 Å². The van der Waals surface area contributed by atoms with Gasteiger partial charge in [0.1, 0.15) is 5.75 Å². The topological polar surface area (TPSA) is 76.7 Å². The van der Waals surface area contributed by atoms with Gasteiger partial charge in [-0.3, -0.25) is 0 Å². The molecule has 2 aromatic rings. The van der Waals surface area contributed by atoms with Gasteiger partial charge in [0, 0.05) is 33.2 Å². The van der Waals surface area contributed by atoms with Gasteiger partial charge >= 0.3 is 0 Å². The molecule has 0 saturated carbocycles. The fourth-order valence-electron chi connectivity index (χ4n) is 2.85. The van der Waals surface area contributed by atoms with Crippen molar-refractivity contribution in [1.82, 2.24) is 10.0 Å². The maximum atomic E-state index is 12.1. The van der Waals surface area contributed by atoms with E-state index in [0.29, 0.717) is 13.2 Å². The summed E-state index contributed by atoms with van der Waals surface area (Å²) in [7, 11) is -1.95. The summed E-state index contributed by atoms with van der Waals surface area (Å²) in [6.45, 7) is 2.79. The highest BCUT2D eigenvalue weighted by atomic mass is 32.2. The number of rotatable bonds is 9. The Balaban J connectivity index is 1.51. The van der Waals surface area contributed by atoms with E-state index in [1.54, 1.807) is 12.1 Å². The van der Waals surface area contributed by atoms with Crippen molar-refractivity contribution < 1.29 is 17.9 Å². The number of nitrogens with one attached hydrogen (secondary N) is 2. The van der Waals surface area contributed by atoms with Gasteiger partial charge < -0.3 is 14.8 Å². The van der Waals surface area contributed by atoms with Gasteiger partial charge in [-0.05, 0) is 34.9 Å². The molecule has 26 heavy (non-hydrogen) atoms. The number of sulfonamides is 1. The van der Waals surface area contributed by atoms with Gasteiger partial charge in [0.05, 0.1) is 18.1 Å². The number of benzene rings is 2. The Labute approximate surface area is 154 Å². The summed E-state index contributed by atoms with van der Waals surface area (Å²) in [4.78, 5) is 0.260. The van der Waals surface area contributed by atoms with Crippen molar-refractivity contribution >= 4 is 10.0 Å². The summed E-state index contributed by atoms with van der Waals surface area (Å²) in [5.74, 6) is 0.990. The second-order valence-corrected chi connectivity index (χ2v) is 7.95. The highest BCUT2D eigenvalue weighted by Gasteiger charge is 2.13. The largest absolute Gasteiger partial charge is 0.493 e. The van der Waals surface area contributed by atoms with Crippen LogP contribution in [0.1, 0.15) is 16.7 Å². The molecular formula is C19H24N2O4S. The quantitative estimate of drug-likeness (QED) is 0.653. The van der Waals surface area contributed by atoms with Crippen LogP contribution < -0.4 is 14.8 Å². The van der Waals surface area contributed by atoms with Crippen molar-refractivity contribution in [2.24, 2.45) is 0 Å². The summed E-state index contributed by atoms with van der Waals surface area (Å²) in [6.07, 6.45) is 0.970. The van der Waals surface area contributed by atoms with Gasteiger partial charge in [0.25, 0.3) is 0 Å². The number of hydrogen-bond donors (Lipinski definition) is 2. The van der Waals surface area contributed by atoms with Crippen molar-refractivity contribution in [3.63, 3.8) is 0 Å². The maximum absolute atomic E-state index is 12.1. The lowest BCUT2D eigenvalue weighted by Gasteiger charge is -2.09. The van der Waals surface area contributed by atoms with E-state index in [1.165, 1.54) is 18.2 Å². The Kier molecular flexibility index (Phi) is 6.26. The Hall–Kier alpha value is -1.93. The van der Waals surface area contributed by atoms with Gasteiger partial charge in [-0.25, -0.2) is 13.1 Å². The summed E-state index contributed by atoms with van der Waals surface area (Å²) >= 11 is 0. The van der Waals surface area contributed by atoms with Crippen molar-refractivity contribution in [1.29, 1.82) is 0 Å². The van der Waals surface area contributed by atoms with Crippen molar-refractivity contribution in [3.8, 4) is 5.75 Å². The lowest BCUT2D eigenvalue weighted by atomic mass is 10.1. The van der Waals surface area contributed by atoms with Gasteiger partial charge in [-0.15, -0.1) is 0 Å². The van der Waals surface area contributed by atoms with Crippen LogP contribution in [0.15, 0.2) is 47.4 Å². The van der Waals surface area contributed by atoms with Crippen LogP contribution in [-0.2, 0) is 34.3 Å². The average molecular weight is 376 g/mol. The first kappa shape index (κ1) is 18.8. The Morgan fingerprint density at radius 3 is 2.58 bits per heavy atom. The zero-order valence-corrected chi connectivity index (χ0v) is 15.6. The highest BCUT2D eigenvalue weighted by Crippen LogP contribution is 2.25. The van der Waals surface area contributed by atoms with Crippen LogP contribution in [0.2, 0.25) is 0 Å². The third-order valence-corrected chi connectivity index (χ3v) is 5.72. The molecule has 0 amide bonds. The molecule has 0 saturated heterocycles. The Morgan fingerprint density at radius 2 is 1.81 bits per heavy atom. The van der Waals surface area contributed by atoms with E-state index in [-0.39, 0.29) is 11.4 Å². The van der Waals surface area contributed by atoms with E-state index >= 15 is 0 Å². The smallest absolute Gasteiger partial charge is 0.240 e. The molecule has 0 aliphatic carbocycles. The molecule has 0 fully saturated rings. The number of fused-ring (bicyclic) bond motifs is 1. The molecule has 3 rings (SSSR count). The van der Waals surface area contributed by atoms with E-state index in [2.05, 4.69) is 22.2 Å². The molecule has 0 bridgehead atoms. The fraction of sp³-hybridized carbons (Fsp3) is 0.368. The third kappa shape index (κ3) is 4.82. The van der Waals surface area contributed by atoms with E-state index in [9.17, 15) is 8.42 Å². The first-order valence-corrected chi connectivity index (χ1v) is 10.1. The summed E-state index contributed by atoms with van der Waals surface area (Å²) in [6, 6.07) is 13.2. The van der Waals surface area contributed by atoms with Crippen LogP contribution in [0, 0.1) is 0 Å². The molecule has 2 N–H and O–H groups in total. The molecule has 1 aliphatic rings. The van der Waals surface area contributed by atoms with Crippen LogP contribution in [0.5, 0.6) is 5.75 Å². The highest BCUT2D eigenvalue weighted by molar-refractivity contribution is 7.89. The molecule has 0 aromatic heterocycles. The Morgan fingerprint density at radius 1 is 1.08 bits per heavy atom. The van der Waals surface area contributed by atoms with Gasteiger partial charge in [0.15, 0.2) is 0 Å². The van der Waals surface area contributed by atoms with Crippen molar-refractivity contribution in [2.45, 2.75) is 24.4 Å². The van der Waals surface area contributed by atoms with Crippen molar-refractivity contribution in [3.05, 3.63) is 59.2 Å². The molecule has 7 heteroatoms. The molecule has 6 nitrogen and oxygen atoms in total. The lowest BCUT2D eigenvalue weighted by Crippen LogP contribution is -2.27. The minimum atomic E-state index is -3.48. The van der Waals surface area contributed by atoms with E-state index in [1.807, 2.05) is 18.2 Å². The first-order chi connectivity index (χ1) is 12.6. The molecule has 0 radical (unpaired) electrons. The third-order valence-electron chi connectivity index (χ3n) is 4.24. The lowest BCUT2D eigenvalue weighted by molar-refractivity contribution is 0.204. The van der Waals surface area contributed by atoms with E-state index < -0.39 is 10.0 Å². The first-order valence-electron chi connectivity index (χ1n) is 8.61. The van der Waals surface area contributed by atoms with Crippen LogP contribution >= 0.6 is 0 Å². The number of ether oxygens (including phenoxy) is 2. The predicted molar refractivity (Wildman–Crippen MR) is 99.7 cm³/mol. The summed E-state index contributed by atoms with van der Waals surface area (Å²) in [5, 5.41) is 3.39. The molecule has 0 spiro atoms. The minimum Gasteiger partial charge on any atom is -0.493 e. The molecule has 0 unspecified atom stereocenters. The van der Waals surface area contributed by atoms with Crippen LogP contribution in [0.25, 0.3) is 0 Å². The zero-order chi connectivity index (χ0) is 18.4. The summed E-state index contributed by atoms with van der Waals surface area (Å²) < 4.78 is 37.1. The molecular weight excluding hydrogens is 352 g/mol. The average Bonchev–Trinajstić information content (AvgIpc) is 3.10. The molecule has 1 aliphatic heterocycles. The van der Waals surface area contributed by atoms with Crippen LogP contribution in [0.3, 0.4) is 0 Å². The SMILES string of the molecule is COCCNS(=O)(=O)c1ccc(CNCc2ccc3c(c2)CCO3)cc1.